The van der Waals surface area contributed by atoms with Crippen molar-refractivity contribution in [2.24, 2.45) is 5.73 Å². The number of hydrogen-bond acceptors (Lipinski definition) is 3. The van der Waals surface area contributed by atoms with Gasteiger partial charge in [0.2, 0.25) is 0 Å². The van der Waals surface area contributed by atoms with Crippen LogP contribution in [0.4, 0.5) is 0 Å². The number of hydrogen-bond donors (Lipinski definition) is 1. The Bertz CT molecular complexity index is 391. The molecule has 2 atom stereocenters. The minimum atomic E-state index is 0.0266. The lowest BCUT2D eigenvalue weighted by atomic mass is 10.00. The van der Waals surface area contributed by atoms with Crippen molar-refractivity contribution in [2.75, 3.05) is 13.7 Å². The first-order valence-corrected chi connectivity index (χ1v) is 7.20. The molecule has 1 heterocycles. The van der Waals surface area contributed by atoms with Crippen molar-refractivity contribution < 1.29 is 9.47 Å². The minimum absolute atomic E-state index is 0.0266. The van der Waals surface area contributed by atoms with Crippen molar-refractivity contribution in [1.82, 2.24) is 0 Å². The van der Waals surface area contributed by atoms with E-state index in [-0.39, 0.29) is 6.04 Å². The fourth-order valence-electron chi connectivity index (χ4n) is 2.33. The summed E-state index contributed by atoms with van der Waals surface area (Å²) in [6.07, 6.45) is 4.73. The van der Waals surface area contributed by atoms with E-state index < -0.39 is 0 Å². The van der Waals surface area contributed by atoms with Crippen LogP contribution in [0.5, 0.6) is 5.75 Å². The highest BCUT2D eigenvalue weighted by atomic mass is 79.9. The number of ether oxygens (including phenoxy) is 2. The molecule has 0 aromatic heterocycles. The lowest BCUT2D eigenvalue weighted by Crippen LogP contribution is -2.15. The maximum absolute atomic E-state index is 6.26. The summed E-state index contributed by atoms with van der Waals surface area (Å²) in [5, 5.41) is 0. The lowest BCUT2D eigenvalue weighted by molar-refractivity contribution is 0.101. The van der Waals surface area contributed by atoms with Gasteiger partial charge in [-0.25, -0.2) is 0 Å². The van der Waals surface area contributed by atoms with Gasteiger partial charge in [0.15, 0.2) is 0 Å². The van der Waals surface area contributed by atoms with Gasteiger partial charge in [0, 0.05) is 17.1 Å². The third-order valence-electron chi connectivity index (χ3n) is 3.43. The van der Waals surface area contributed by atoms with Crippen LogP contribution in [0.2, 0.25) is 0 Å². The van der Waals surface area contributed by atoms with Gasteiger partial charge in [-0.15, -0.1) is 0 Å². The summed E-state index contributed by atoms with van der Waals surface area (Å²) in [4.78, 5) is 0. The predicted molar refractivity (Wildman–Crippen MR) is 75.8 cm³/mol. The molecule has 100 valence electrons. The van der Waals surface area contributed by atoms with Crippen LogP contribution >= 0.6 is 15.9 Å². The first-order chi connectivity index (χ1) is 8.70. The third kappa shape index (κ3) is 3.46. The van der Waals surface area contributed by atoms with Gasteiger partial charge >= 0.3 is 0 Å². The summed E-state index contributed by atoms with van der Waals surface area (Å²) in [6.45, 7) is 0.906. The zero-order valence-corrected chi connectivity index (χ0v) is 12.3. The molecule has 0 spiro atoms. The normalized spacial score (nSPS) is 20.9. The van der Waals surface area contributed by atoms with E-state index in [0.29, 0.717) is 6.10 Å². The molecule has 1 aromatic rings. The highest BCUT2D eigenvalue weighted by molar-refractivity contribution is 9.10. The third-order valence-corrected chi connectivity index (χ3v) is 4.15. The molecule has 0 amide bonds. The number of halogens is 1. The number of benzene rings is 1. The molecule has 4 heteroatoms. The van der Waals surface area contributed by atoms with Gasteiger partial charge in [0.05, 0.1) is 13.2 Å². The SMILES string of the molecule is COc1ccc(Br)c(C(N)CCC2CCCO2)c1. The number of methoxy groups -OCH3 is 1. The van der Waals surface area contributed by atoms with E-state index in [9.17, 15) is 0 Å². The molecule has 0 radical (unpaired) electrons. The molecule has 1 saturated heterocycles. The largest absolute Gasteiger partial charge is 0.497 e. The van der Waals surface area contributed by atoms with Gasteiger partial charge in [-0.05, 0) is 49.4 Å². The molecule has 1 aliphatic heterocycles. The Balaban J connectivity index is 1.96. The quantitative estimate of drug-likeness (QED) is 0.906. The second-order valence-electron chi connectivity index (χ2n) is 4.71. The van der Waals surface area contributed by atoms with E-state index in [0.717, 1.165) is 35.2 Å². The Labute approximate surface area is 117 Å². The molecule has 3 nitrogen and oxygen atoms in total. The van der Waals surface area contributed by atoms with Crippen LogP contribution in [0.1, 0.15) is 37.3 Å². The topological polar surface area (TPSA) is 44.5 Å². The molecule has 0 bridgehead atoms. The van der Waals surface area contributed by atoms with E-state index >= 15 is 0 Å². The van der Waals surface area contributed by atoms with Crippen LogP contribution in [0.25, 0.3) is 0 Å². The highest BCUT2D eigenvalue weighted by Crippen LogP contribution is 2.30. The molecule has 0 aliphatic carbocycles. The summed E-state index contributed by atoms with van der Waals surface area (Å²) in [7, 11) is 1.67. The van der Waals surface area contributed by atoms with Gasteiger partial charge in [-0.2, -0.15) is 0 Å². The molecule has 2 N–H and O–H groups in total. The van der Waals surface area contributed by atoms with Crippen molar-refractivity contribution >= 4 is 15.9 Å². The molecular weight excluding hydrogens is 294 g/mol. The smallest absolute Gasteiger partial charge is 0.119 e. The van der Waals surface area contributed by atoms with Crippen LogP contribution in [0.3, 0.4) is 0 Å². The summed E-state index contributed by atoms with van der Waals surface area (Å²) in [6, 6.07) is 5.95. The molecule has 1 fully saturated rings. The van der Waals surface area contributed by atoms with Crippen molar-refractivity contribution in [3.05, 3.63) is 28.2 Å². The molecule has 0 saturated carbocycles. The second kappa shape index (κ2) is 6.55. The fourth-order valence-corrected chi connectivity index (χ4v) is 2.87. The maximum Gasteiger partial charge on any atom is 0.119 e. The van der Waals surface area contributed by atoms with Crippen molar-refractivity contribution in [3.63, 3.8) is 0 Å². The molecule has 2 unspecified atom stereocenters. The van der Waals surface area contributed by atoms with Gasteiger partial charge in [-0.1, -0.05) is 15.9 Å². The van der Waals surface area contributed by atoms with Gasteiger partial charge < -0.3 is 15.2 Å². The van der Waals surface area contributed by atoms with Gasteiger partial charge in [0.1, 0.15) is 5.75 Å². The van der Waals surface area contributed by atoms with E-state index in [2.05, 4.69) is 15.9 Å². The Hall–Kier alpha value is -0.580. The molecule has 18 heavy (non-hydrogen) atoms. The Kier molecular flexibility index (Phi) is 5.03. The van der Waals surface area contributed by atoms with Crippen molar-refractivity contribution in [3.8, 4) is 5.75 Å². The maximum atomic E-state index is 6.26. The van der Waals surface area contributed by atoms with Crippen LogP contribution in [0, 0.1) is 0 Å². The summed E-state index contributed by atoms with van der Waals surface area (Å²) < 4.78 is 11.9. The van der Waals surface area contributed by atoms with E-state index in [1.807, 2.05) is 18.2 Å². The average molecular weight is 314 g/mol. The molecular formula is C14H20BrNO2. The minimum Gasteiger partial charge on any atom is -0.497 e. The van der Waals surface area contributed by atoms with Crippen LogP contribution in [0.15, 0.2) is 22.7 Å². The molecule has 2 rings (SSSR count). The average Bonchev–Trinajstić information content (AvgIpc) is 2.89. The monoisotopic (exact) mass is 313 g/mol. The zero-order chi connectivity index (χ0) is 13.0. The van der Waals surface area contributed by atoms with Crippen LogP contribution in [-0.4, -0.2) is 19.8 Å². The van der Waals surface area contributed by atoms with Crippen molar-refractivity contribution in [1.29, 1.82) is 0 Å². The zero-order valence-electron chi connectivity index (χ0n) is 10.7. The van der Waals surface area contributed by atoms with Crippen LogP contribution in [-0.2, 0) is 4.74 Å². The number of rotatable bonds is 5. The highest BCUT2D eigenvalue weighted by Gasteiger charge is 2.18. The first-order valence-electron chi connectivity index (χ1n) is 6.41. The Morgan fingerprint density at radius 3 is 3.06 bits per heavy atom. The van der Waals surface area contributed by atoms with E-state index in [1.165, 1.54) is 12.8 Å². The van der Waals surface area contributed by atoms with Gasteiger partial charge in [-0.3, -0.25) is 0 Å². The van der Waals surface area contributed by atoms with E-state index in [4.69, 9.17) is 15.2 Å². The Morgan fingerprint density at radius 1 is 1.56 bits per heavy atom. The van der Waals surface area contributed by atoms with Crippen LogP contribution < -0.4 is 10.5 Å². The Morgan fingerprint density at radius 2 is 2.39 bits per heavy atom. The second-order valence-corrected chi connectivity index (χ2v) is 5.56. The fraction of sp³-hybridized carbons (Fsp3) is 0.571. The van der Waals surface area contributed by atoms with E-state index in [1.54, 1.807) is 7.11 Å². The molecule has 1 aliphatic rings. The predicted octanol–water partition coefficient (Wildman–Crippen LogP) is 3.42. The number of nitrogens with two attached hydrogens (primary N) is 1. The standard InChI is InChI=1S/C14H20BrNO2/c1-17-11-4-6-13(15)12(9-11)14(16)7-5-10-3-2-8-18-10/h4,6,9-10,14H,2-3,5,7-8,16H2,1H3. The van der Waals surface area contributed by atoms with Gasteiger partial charge in [0.25, 0.3) is 0 Å². The summed E-state index contributed by atoms with van der Waals surface area (Å²) in [5.41, 5.74) is 7.36. The summed E-state index contributed by atoms with van der Waals surface area (Å²) in [5.74, 6) is 0.848. The van der Waals surface area contributed by atoms with Crippen molar-refractivity contribution in [2.45, 2.75) is 37.8 Å². The molecule has 1 aromatic carbocycles. The summed E-state index contributed by atoms with van der Waals surface area (Å²) >= 11 is 3.55. The first kappa shape index (κ1) is 13.8. The lowest BCUT2D eigenvalue weighted by Gasteiger charge is -2.17.